The second-order valence-corrected chi connectivity index (χ2v) is 6.67. The van der Waals surface area contributed by atoms with Gasteiger partial charge in [-0.3, -0.25) is 0 Å². The Labute approximate surface area is 117 Å². The maximum absolute atomic E-state index is 12.1. The molecule has 0 saturated carbocycles. The van der Waals surface area contributed by atoms with E-state index in [-0.39, 0.29) is 17.9 Å². The first kappa shape index (κ1) is 13.9. The molecule has 0 aromatic heterocycles. The van der Waals surface area contributed by atoms with Gasteiger partial charge in [0.15, 0.2) is 9.84 Å². The van der Waals surface area contributed by atoms with Crippen LogP contribution < -0.4 is 0 Å². The van der Waals surface area contributed by atoms with Crippen LogP contribution in [0.2, 0.25) is 5.02 Å². The van der Waals surface area contributed by atoms with E-state index in [1.807, 2.05) is 0 Å². The van der Waals surface area contributed by atoms with Crippen molar-refractivity contribution >= 4 is 21.4 Å². The first-order chi connectivity index (χ1) is 8.99. The minimum absolute atomic E-state index is 0.0415. The van der Waals surface area contributed by atoms with Crippen molar-refractivity contribution in [2.45, 2.75) is 11.3 Å². The summed E-state index contributed by atoms with van der Waals surface area (Å²) >= 11 is 5.97. The molecule has 0 heterocycles. The molecule has 19 heavy (non-hydrogen) atoms. The van der Waals surface area contributed by atoms with Crippen molar-refractivity contribution in [3.63, 3.8) is 0 Å². The summed E-state index contributed by atoms with van der Waals surface area (Å²) in [7, 11) is -3.33. The predicted octanol–water partition coefficient (Wildman–Crippen LogP) is 3.06. The fraction of sp³-hybridized carbons (Fsp3) is 0.143. The van der Waals surface area contributed by atoms with Gasteiger partial charge in [0.2, 0.25) is 0 Å². The zero-order valence-corrected chi connectivity index (χ0v) is 11.7. The Bertz CT molecular complexity index is 666. The number of phenols is 1. The van der Waals surface area contributed by atoms with Gasteiger partial charge in [-0.2, -0.15) is 0 Å². The molecule has 0 spiro atoms. The van der Waals surface area contributed by atoms with E-state index in [4.69, 9.17) is 11.6 Å². The minimum Gasteiger partial charge on any atom is -0.508 e. The van der Waals surface area contributed by atoms with Crippen molar-refractivity contribution in [3.8, 4) is 5.75 Å². The molecule has 0 atom stereocenters. The molecular formula is C14H13ClO3S. The lowest BCUT2D eigenvalue weighted by Crippen LogP contribution is -2.09. The number of benzene rings is 2. The van der Waals surface area contributed by atoms with Crippen LogP contribution in [-0.2, 0) is 16.3 Å². The van der Waals surface area contributed by atoms with E-state index >= 15 is 0 Å². The minimum atomic E-state index is -3.33. The molecular weight excluding hydrogens is 284 g/mol. The smallest absolute Gasteiger partial charge is 0.178 e. The highest BCUT2D eigenvalue weighted by Gasteiger charge is 2.14. The van der Waals surface area contributed by atoms with Crippen LogP contribution >= 0.6 is 11.6 Å². The predicted molar refractivity (Wildman–Crippen MR) is 75.3 cm³/mol. The monoisotopic (exact) mass is 296 g/mol. The maximum atomic E-state index is 12.1. The van der Waals surface area contributed by atoms with E-state index in [1.165, 1.54) is 12.1 Å². The number of aryl methyl sites for hydroxylation is 1. The van der Waals surface area contributed by atoms with Crippen LogP contribution in [0, 0.1) is 0 Å². The summed E-state index contributed by atoms with van der Waals surface area (Å²) in [6.45, 7) is 0. The zero-order valence-electron chi connectivity index (χ0n) is 10.1. The highest BCUT2D eigenvalue weighted by molar-refractivity contribution is 7.91. The standard InChI is InChI=1S/C14H13ClO3S/c15-14-7-6-12(16)10-11(14)8-9-19(17,18)13-4-2-1-3-5-13/h1-7,10,16H,8-9H2. The van der Waals surface area contributed by atoms with Gasteiger partial charge >= 0.3 is 0 Å². The van der Waals surface area contributed by atoms with Crippen LogP contribution in [0.5, 0.6) is 5.75 Å². The van der Waals surface area contributed by atoms with Gasteiger partial charge in [0, 0.05) is 5.02 Å². The fourth-order valence-electron chi connectivity index (χ4n) is 1.74. The highest BCUT2D eigenvalue weighted by atomic mass is 35.5. The lowest BCUT2D eigenvalue weighted by molar-refractivity contribution is 0.474. The van der Waals surface area contributed by atoms with Crippen LogP contribution in [0.3, 0.4) is 0 Å². The van der Waals surface area contributed by atoms with Crippen LogP contribution in [0.25, 0.3) is 0 Å². The SMILES string of the molecule is O=S(=O)(CCc1cc(O)ccc1Cl)c1ccccc1. The zero-order chi connectivity index (χ0) is 13.9. The first-order valence-electron chi connectivity index (χ1n) is 5.74. The maximum Gasteiger partial charge on any atom is 0.178 e. The number of hydrogen-bond acceptors (Lipinski definition) is 3. The van der Waals surface area contributed by atoms with Gasteiger partial charge in [-0.1, -0.05) is 29.8 Å². The molecule has 0 aliphatic carbocycles. The summed E-state index contributed by atoms with van der Waals surface area (Å²) in [6.07, 6.45) is 0.268. The molecule has 100 valence electrons. The Balaban J connectivity index is 2.17. The topological polar surface area (TPSA) is 54.4 Å². The van der Waals surface area contributed by atoms with Crippen LogP contribution in [0.4, 0.5) is 0 Å². The van der Waals surface area contributed by atoms with Crippen molar-refractivity contribution in [2.24, 2.45) is 0 Å². The van der Waals surface area contributed by atoms with Gasteiger partial charge in [0.1, 0.15) is 5.75 Å². The third-order valence-electron chi connectivity index (χ3n) is 2.77. The van der Waals surface area contributed by atoms with Crippen LogP contribution in [0.1, 0.15) is 5.56 Å². The molecule has 2 aromatic carbocycles. The second-order valence-electron chi connectivity index (χ2n) is 4.16. The van der Waals surface area contributed by atoms with Crippen molar-refractivity contribution in [2.75, 3.05) is 5.75 Å². The number of sulfone groups is 1. The molecule has 2 aromatic rings. The molecule has 3 nitrogen and oxygen atoms in total. The molecule has 0 fully saturated rings. The third-order valence-corrected chi connectivity index (χ3v) is 4.87. The van der Waals surface area contributed by atoms with E-state index in [0.29, 0.717) is 15.5 Å². The van der Waals surface area contributed by atoms with E-state index in [9.17, 15) is 13.5 Å². The normalized spacial score (nSPS) is 11.4. The molecule has 0 bridgehead atoms. The first-order valence-corrected chi connectivity index (χ1v) is 7.77. The number of aromatic hydroxyl groups is 1. The molecule has 0 saturated heterocycles. The van der Waals surface area contributed by atoms with Crippen molar-refractivity contribution in [1.82, 2.24) is 0 Å². The number of halogens is 1. The summed E-state index contributed by atoms with van der Waals surface area (Å²) in [5.74, 6) is 0.0386. The van der Waals surface area contributed by atoms with Gasteiger partial charge in [0.05, 0.1) is 10.6 Å². The molecule has 0 amide bonds. The highest BCUT2D eigenvalue weighted by Crippen LogP contribution is 2.22. The Morgan fingerprint density at radius 1 is 1.05 bits per heavy atom. The van der Waals surface area contributed by atoms with E-state index in [2.05, 4.69) is 0 Å². The van der Waals surface area contributed by atoms with Gasteiger partial charge in [-0.05, 0) is 42.3 Å². The molecule has 5 heteroatoms. The van der Waals surface area contributed by atoms with Gasteiger partial charge in [-0.15, -0.1) is 0 Å². The average Bonchev–Trinajstić information content (AvgIpc) is 2.41. The van der Waals surface area contributed by atoms with Crippen LogP contribution in [0.15, 0.2) is 53.4 Å². The summed E-state index contributed by atoms with van der Waals surface area (Å²) in [6, 6.07) is 12.8. The van der Waals surface area contributed by atoms with Crippen molar-refractivity contribution < 1.29 is 13.5 Å². The third kappa shape index (κ3) is 3.49. The van der Waals surface area contributed by atoms with Crippen LogP contribution in [-0.4, -0.2) is 19.3 Å². The average molecular weight is 297 g/mol. The van der Waals surface area contributed by atoms with Crippen molar-refractivity contribution in [3.05, 3.63) is 59.1 Å². The lowest BCUT2D eigenvalue weighted by Gasteiger charge is -2.06. The Kier molecular flexibility index (Phi) is 4.12. The Hall–Kier alpha value is -1.52. The number of phenolic OH excluding ortho intramolecular Hbond substituents is 1. The lowest BCUT2D eigenvalue weighted by atomic mass is 10.1. The van der Waals surface area contributed by atoms with Crippen molar-refractivity contribution in [1.29, 1.82) is 0 Å². The van der Waals surface area contributed by atoms with E-state index < -0.39 is 9.84 Å². The number of hydrogen-bond donors (Lipinski definition) is 1. The summed E-state index contributed by atoms with van der Waals surface area (Å²) in [5, 5.41) is 9.84. The molecule has 1 N–H and O–H groups in total. The van der Waals surface area contributed by atoms with Gasteiger partial charge < -0.3 is 5.11 Å². The van der Waals surface area contributed by atoms with E-state index in [1.54, 1.807) is 36.4 Å². The largest absolute Gasteiger partial charge is 0.508 e. The molecule has 0 unspecified atom stereocenters. The fourth-order valence-corrected chi connectivity index (χ4v) is 3.25. The molecule has 0 radical (unpaired) electrons. The molecule has 0 aliphatic heterocycles. The Morgan fingerprint density at radius 3 is 2.42 bits per heavy atom. The summed E-state index contributed by atoms with van der Waals surface area (Å²) in [4.78, 5) is 0.297. The number of rotatable bonds is 4. The quantitative estimate of drug-likeness (QED) is 0.943. The molecule has 2 rings (SSSR count). The van der Waals surface area contributed by atoms with Gasteiger partial charge in [-0.25, -0.2) is 8.42 Å². The van der Waals surface area contributed by atoms with Gasteiger partial charge in [0.25, 0.3) is 0 Å². The molecule has 0 aliphatic rings. The second kappa shape index (κ2) is 5.63. The van der Waals surface area contributed by atoms with E-state index in [0.717, 1.165) is 0 Å². The summed E-state index contributed by atoms with van der Waals surface area (Å²) < 4.78 is 24.2. The Morgan fingerprint density at radius 2 is 1.74 bits per heavy atom. The summed E-state index contributed by atoms with van der Waals surface area (Å²) in [5.41, 5.74) is 0.626.